The number of hydrogen-bond donors (Lipinski definition) is 0. The first-order valence-corrected chi connectivity index (χ1v) is 7.05. The third-order valence-corrected chi connectivity index (χ3v) is 3.76. The predicted molar refractivity (Wildman–Crippen MR) is 73.2 cm³/mol. The number of aryl methyl sites for hydroxylation is 1. The Morgan fingerprint density at radius 1 is 1.33 bits per heavy atom. The molecule has 0 unspecified atom stereocenters. The molecule has 0 aliphatic carbocycles. The van der Waals surface area contributed by atoms with Crippen molar-refractivity contribution in [2.75, 3.05) is 13.1 Å². The van der Waals surface area contributed by atoms with Gasteiger partial charge >= 0.3 is 6.55 Å². The van der Waals surface area contributed by atoms with Crippen LogP contribution in [-0.4, -0.2) is 45.9 Å². The first-order valence-electron chi connectivity index (χ1n) is 7.05. The highest BCUT2D eigenvalue weighted by molar-refractivity contribution is 5.79. The van der Waals surface area contributed by atoms with Gasteiger partial charge in [-0.25, -0.2) is 4.68 Å². The zero-order chi connectivity index (χ0) is 15.7. The molecule has 0 aromatic carbocycles. The second-order valence-corrected chi connectivity index (χ2v) is 5.60. The smallest absolute Gasteiger partial charge is 0.333 e. The van der Waals surface area contributed by atoms with Crippen LogP contribution in [0.2, 0.25) is 0 Å². The van der Waals surface area contributed by atoms with Gasteiger partial charge in [0.15, 0.2) is 0 Å². The van der Waals surface area contributed by atoms with Crippen LogP contribution in [0.15, 0.2) is 0 Å². The first kappa shape index (κ1) is 15.9. The van der Waals surface area contributed by atoms with Crippen molar-refractivity contribution in [2.24, 2.45) is 0 Å². The maximum Gasteiger partial charge on any atom is 0.333 e. The van der Waals surface area contributed by atoms with E-state index in [0.717, 1.165) is 0 Å². The monoisotopic (exact) mass is 301 g/mol. The molecule has 0 bridgehead atoms. The highest BCUT2D eigenvalue weighted by Crippen LogP contribution is 2.21. The molecule has 2 rings (SSSR count). The maximum atomic E-state index is 12.8. The molecule has 1 aliphatic heterocycles. The van der Waals surface area contributed by atoms with Gasteiger partial charge in [0, 0.05) is 24.3 Å². The lowest BCUT2D eigenvalue weighted by Gasteiger charge is -2.35. The van der Waals surface area contributed by atoms with E-state index in [4.69, 9.17) is 4.74 Å². The quantitative estimate of drug-likeness (QED) is 0.858. The van der Waals surface area contributed by atoms with Gasteiger partial charge in [-0.2, -0.15) is 13.9 Å². The van der Waals surface area contributed by atoms with Crippen LogP contribution in [-0.2, 0) is 16.0 Å². The number of carbonyl (C=O) groups is 1. The number of halogens is 2. The van der Waals surface area contributed by atoms with E-state index < -0.39 is 6.55 Å². The lowest BCUT2D eigenvalue weighted by atomic mass is 10.1. The summed E-state index contributed by atoms with van der Waals surface area (Å²) in [5, 5.41) is 3.81. The third-order valence-electron chi connectivity index (χ3n) is 3.76. The number of hydrogen-bond acceptors (Lipinski definition) is 3. The normalized spacial score (nSPS) is 22.9. The molecule has 1 amide bonds. The summed E-state index contributed by atoms with van der Waals surface area (Å²) in [7, 11) is 0. The fourth-order valence-electron chi connectivity index (χ4n) is 2.79. The second kappa shape index (κ2) is 6.09. The minimum atomic E-state index is -2.68. The lowest BCUT2D eigenvalue weighted by Crippen LogP contribution is -2.48. The van der Waals surface area contributed by atoms with Gasteiger partial charge in [0.1, 0.15) is 0 Å². The highest BCUT2D eigenvalue weighted by Gasteiger charge is 2.27. The molecule has 1 aromatic rings. The summed E-state index contributed by atoms with van der Waals surface area (Å²) in [6.45, 7) is 5.44. The molecule has 1 fully saturated rings. The van der Waals surface area contributed by atoms with E-state index in [1.807, 2.05) is 13.8 Å². The van der Waals surface area contributed by atoms with Crippen molar-refractivity contribution in [1.82, 2.24) is 14.7 Å². The van der Waals surface area contributed by atoms with E-state index in [9.17, 15) is 13.6 Å². The minimum absolute atomic E-state index is 0.0105. The molecule has 0 spiro atoms. The SMILES string of the molecule is Cc1nn(C(F)F)c(C)c1CC(=O)N1C[C@@H](C)O[C@H](C)C1. The Bertz CT molecular complexity index is 521. The van der Waals surface area contributed by atoms with E-state index in [1.165, 1.54) is 0 Å². The molecule has 1 aromatic heterocycles. The summed E-state index contributed by atoms with van der Waals surface area (Å²) in [5.41, 5.74) is 1.42. The van der Waals surface area contributed by atoms with Crippen molar-refractivity contribution in [3.63, 3.8) is 0 Å². The second-order valence-electron chi connectivity index (χ2n) is 5.60. The Morgan fingerprint density at radius 2 is 1.90 bits per heavy atom. The molecule has 2 heterocycles. The Morgan fingerprint density at radius 3 is 2.38 bits per heavy atom. The lowest BCUT2D eigenvalue weighted by molar-refractivity contribution is -0.142. The maximum absolute atomic E-state index is 12.8. The van der Waals surface area contributed by atoms with E-state index in [0.29, 0.717) is 34.7 Å². The molecule has 21 heavy (non-hydrogen) atoms. The van der Waals surface area contributed by atoms with Gasteiger partial charge in [0.25, 0.3) is 0 Å². The van der Waals surface area contributed by atoms with Gasteiger partial charge in [-0.1, -0.05) is 0 Å². The average Bonchev–Trinajstić information content (AvgIpc) is 2.65. The van der Waals surface area contributed by atoms with Crippen molar-refractivity contribution in [2.45, 2.75) is 52.9 Å². The minimum Gasteiger partial charge on any atom is -0.372 e. The topological polar surface area (TPSA) is 47.4 Å². The molecular formula is C14H21F2N3O2. The molecule has 118 valence electrons. The number of nitrogens with zero attached hydrogens (tertiary/aromatic N) is 3. The Hall–Kier alpha value is -1.50. The molecule has 0 radical (unpaired) electrons. The van der Waals surface area contributed by atoms with Crippen LogP contribution in [0.1, 0.15) is 37.3 Å². The number of rotatable bonds is 3. The molecular weight excluding hydrogens is 280 g/mol. The van der Waals surface area contributed by atoms with Gasteiger partial charge in [-0.3, -0.25) is 4.79 Å². The number of morpholine rings is 1. The summed E-state index contributed by atoms with van der Waals surface area (Å²) in [6, 6.07) is 0. The zero-order valence-corrected chi connectivity index (χ0v) is 12.8. The fraction of sp³-hybridized carbons (Fsp3) is 0.714. The molecule has 1 aliphatic rings. The van der Waals surface area contributed by atoms with Crippen molar-refractivity contribution in [3.05, 3.63) is 17.0 Å². The number of carbonyl (C=O) groups excluding carboxylic acids is 1. The van der Waals surface area contributed by atoms with Crippen LogP contribution < -0.4 is 0 Å². The van der Waals surface area contributed by atoms with Crippen molar-refractivity contribution < 1.29 is 18.3 Å². The fourth-order valence-corrected chi connectivity index (χ4v) is 2.79. The van der Waals surface area contributed by atoms with E-state index in [-0.39, 0.29) is 24.5 Å². The van der Waals surface area contributed by atoms with Crippen LogP contribution >= 0.6 is 0 Å². The van der Waals surface area contributed by atoms with Gasteiger partial charge in [-0.15, -0.1) is 0 Å². The summed E-state index contributed by atoms with van der Waals surface area (Å²) >= 11 is 0. The van der Waals surface area contributed by atoms with Crippen LogP contribution in [0.3, 0.4) is 0 Å². The molecule has 0 N–H and O–H groups in total. The molecule has 5 nitrogen and oxygen atoms in total. The van der Waals surface area contributed by atoms with E-state index >= 15 is 0 Å². The van der Waals surface area contributed by atoms with Gasteiger partial charge in [-0.05, 0) is 27.7 Å². The average molecular weight is 301 g/mol. The van der Waals surface area contributed by atoms with Crippen molar-refractivity contribution in [1.29, 1.82) is 0 Å². The van der Waals surface area contributed by atoms with Crippen molar-refractivity contribution >= 4 is 5.91 Å². The Labute approximate surface area is 122 Å². The molecule has 2 atom stereocenters. The summed E-state index contributed by atoms with van der Waals surface area (Å²) in [4.78, 5) is 14.1. The summed E-state index contributed by atoms with van der Waals surface area (Å²) in [5.74, 6) is -0.0722. The Balaban J connectivity index is 2.13. The first-order chi connectivity index (χ1) is 9.79. The largest absolute Gasteiger partial charge is 0.372 e. The third kappa shape index (κ3) is 3.40. The number of aromatic nitrogens is 2. The van der Waals surface area contributed by atoms with Crippen LogP contribution in [0.5, 0.6) is 0 Å². The summed E-state index contributed by atoms with van der Waals surface area (Å²) in [6.07, 6.45) is 0.0801. The van der Waals surface area contributed by atoms with Gasteiger partial charge in [0.05, 0.1) is 24.3 Å². The zero-order valence-electron chi connectivity index (χ0n) is 12.8. The molecule has 0 saturated carbocycles. The van der Waals surface area contributed by atoms with Crippen LogP contribution in [0.25, 0.3) is 0 Å². The molecule has 7 heteroatoms. The standard InChI is InChI=1S/C14H21F2N3O2/c1-8-6-18(7-9(2)21-8)13(20)5-12-10(3)17-19(11(12)4)14(15)16/h8-9,14H,5-7H2,1-4H3/t8-,9-/m1/s1. The summed E-state index contributed by atoms with van der Waals surface area (Å²) < 4.78 is 31.9. The Kier molecular flexibility index (Phi) is 4.61. The number of ether oxygens (including phenoxy) is 1. The van der Waals surface area contributed by atoms with Gasteiger partial charge in [0.2, 0.25) is 5.91 Å². The van der Waals surface area contributed by atoms with Crippen molar-refractivity contribution in [3.8, 4) is 0 Å². The van der Waals surface area contributed by atoms with Crippen LogP contribution in [0.4, 0.5) is 8.78 Å². The predicted octanol–water partition coefficient (Wildman–Crippen LogP) is 2.07. The number of alkyl halides is 2. The highest BCUT2D eigenvalue weighted by atomic mass is 19.3. The number of amides is 1. The van der Waals surface area contributed by atoms with E-state index in [2.05, 4.69) is 5.10 Å². The van der Waals surface area contributed by atoms with Crippen LogP contribution in [0, 0.1) is 13.8 Å². The van der Waals surface area contributed by atoms with Gasteiger partial charge < -0.3 is 9.64 Å². The molecule has 1 saturated heterocycles. The van der Waals surface area contributed by atoms with E-state index in [1.54, 1.807) is 18.7 Å².